The van der Waals surface area contributed by atoms with E-state index in [0.717, 1.165) is 22.3 Å². The van der Waals surface area contributed by atoms with Crippen LogP contribution in [-0.4, -0.2) is 24.6 Å². The van der Waals surface area contributed by atoms with Gasteiger partial charge in [-0.25, -0.2) is 9.18 Å². The first-order valence-electron chi connectivity index (χ1n) is 13.7. The number of aromatic nitrogens is 1. The predicted octanol–water partition coefficient (Wildman–Crippen LogP) is 5.24. The van der Waals surface area contributed by atoms with E-state index in [1.54, 1.807) is 36.4 Å². The minimum atomic E-state index is -0.447. The van der Waals surface area contributed by atoms with Crippen LogP contribution in [0.2, 0.25) is 0 Å². The lowest BCUT2D eigenvalue weighted by Crippen LogP contribution is -2.34. The number of carbonyl (C=O) groups is 1. The average Bonchev–Trinajstić information content (AvgIpc) is 3.21. The predicted molar refractivity (Wildman–Crippen MR) is 167 cm³/mol. The van der Waals surface area contributed by atoms with E-state index in [9.17, 15) is 14.0 Å². The number of carbonyl (C=O) groups excluding carboxylic acids is 1. The highest BCUT2D eigenvalue weighted by molar-refractivity contribution is 5.98. The summed E-state index contributed by atoms with van der Waals surface area (Å²) in [6.07, 6.45) is 5.56. The molecule has 0 saturated carbocycles. The number of hydrogen-bond acceptors (Lipinski definition) is 5. The molecule has 1 aliphatic carbocycles. The summed E-state index contributed by atoms with van der Waals surface area (Å²) < 4.78 is 19.6. The number of nitrogens with zero attached hydrogens (tertiary/aromatic N) is 2. The molecule has 3 aromatic carbocycles. The Hall–Kier alpha value is -5.83. The van der Waals surface area contributed by atoms with E-state index in [4.69, 9.17) is 4.74 Å². The van der Waals surface area contributed by atoms with Crippen molar-refractivity contribution in [3.8, 4) is 22.6 Å². The van der Waals surface area contributed by atoms with Crippen LogP contribution in [0.4, 0.5) is 31.9 Å². The number of para-hydroxylation sites is 1. The highest BCUT2D eigenvalue weighted by Gasteiger charge is 2.28. The van der Waals surface area contributed by atoms with Gasteiger partial charge in [-0.1, -0.05) is 24.3 Å². The third-order valence-electron chi connectivity index (χ3n) is 7.48. The monoisotopic (exact) mass is 571 g/mol. The number of nitrogens with one attached hydrogen (secondary N) is 3. The smallest absolute Gasteiger partial charge is 0.323 e. The van der Waals surface area contributed by atoms with Gasteiger partial charge in [0.05, 0.1) is 22.6 Å². The van der Waals surface area contributed by atoms with E-state index in [1.807, 2.05) is 77.7 Å². The molecule has 0 spiro atoms. The molecular weight excluding hydrogens is 545 g/mol. The van der Waals surface area contributed by atoms with E-state index >= 15 is 0 Å². The van der Waals surface area contributed by atoms with Crippen molar-refractivity contribution in [1.29, 1.82) is 0 Å². The van der Waals surface area contributed by atoms with Gasteiger partial charge in [0, 0.05) is 53.4 Å². The minimum Gasteiger partial charge on any atom is -0.457 e. The number of anilines is 4. The average molecular weight is 572 g/mol. The summed E-state index contributed by atoms with van der Waals surface area (Å²) in [7, 11) is 1.86. The molecule has 4 aliphatic rings. The summed E-state index contributed by atoms with van der Waals surface area (Å²) >= 11 is 0. The molecule has 3 N–H and O–H groups in total. The molecule has 0 aromatic heterocycles. The Kier molecular flexibility index (Phi) is 6.39. The van der Waals surface area contributed by atoms with E-state index in [-0.39, 0.29) is 11.4 Å². The van der Waals surface area contributed by atoms with E-state index < -0.39 is 6.03 Å². The first-order valence-corrected chi connectivity index (χ1v) is 13.7. The second-order valence-corrected chi connectivity index (χ2v) is 10.3. The number of H-pyrrole nitrogens is 1. The van der Waals surface area contributed by atoms with Crippen LogP contribution >= 0.6 is 0 Å². The largest absolute Gasteiger partial charge is 0.457 e. The lowest BCUT2D eigenvalue weighted by molar-refractivity contribution is 0.255. The summed E-state index contributed by atoms with van der Waals surface area (Å²) in [6, 6.07) is 26.2. The van der Waals surface area contributed by atoms with Crippen LogP contribution in [0.3, 0.4) is 0 Å². The minimum absolute atomic E-state index is 0.225. The third kappa shape index (κ3) is 4.87. The van der Waals surface area contributed by atoms with Gasteiger partial charge in [0.15, 0.2) is 0 Å². The summed E-state index contributed by atoms with van der Waals surface area (Å²) in [5.41, 5.74) is 4.41. The number of benzene rings is 3. The summed E-state index contributed by atoms with van der Waals surface area (Å²) in [4.78, 5) is 33.5. The zero-order valence-corrected chi connectivity index (χ0v) is 23.1. The van der Waals surface area contributed by atoms with Gasteiger partial charge in [-0.3, -0.25) is 4.79 Å². The van der Waals surface area contributed by atoms with E-state index in [0.29, 0.717) is 45.9 Å². The molecule has 2 amide bonds. The molecule has 3 heterocycles. The van der Waals surface area contributed by atoms with Crippen LogP contribution in [0.15, 0.2) is 108 Å². The van der Waals surface area contributed by atoms with Gasteiger partial charge in [0.25, 0.3) is 5.56 Å². The molecule has 43 heavy (non-hydrogen) atoms. The van der Waals surface area contributed by atoms with Crippen LogP contribution in [0.25, 0.3) is 22.9 Å². The topological polar surface area (TPSA) is 89.7 Å². The lowest BCUT2D eigenvalue weighted by Gasteiger charge is -2.27. The van der Waals surface area contributed by atoms with Gasteiger partial charge in [-0.05, 0) is 72.8 Å². The number of urea groups is 1. The maximum absolute atomic E-state index is 13.7. The van der Waals surface area contributed by atoms with Crippen molar-refractivity contribution in [3.05, 3.63) is 130 Å². The number of aromatic amines is 1. The van der Waals surface area contributed by atoms with Crippen LogP contribution in [-0.2, 0) is 0 Å². The van der Waals surface area contributed by atoms with Crippen molar-refractivity contribution >= 4 is 40.6 Å². The number of amides is 2. The Labute approximate surface area is 246 Å². The highest BCUT2D eigenvalue weighted by Crippen LogP contribution is 2.37. The molecule has 0 radical (unpaired) electrons. The Morgan fingerprint density at radius 3 is 2.51 bits per heavy atom. The first-order chi connectivity index (χ1) is 20.9. The molecule has 0 atom stereocenters. The van der Waals surface area contributed by atoms with Crippen LogP contribution in [0, 0.1) is 5.82 Å². The maximum atomic E-state index is 13.7. The van der Waals surface area contributed by atoms with Gasteiger partial charge < -0.3 is 30.2 Å². The molecule has 212 valence electrons. The standard InChI is InChI=1S/C34H26FN5O3/c1-39-18-16-27(38-34(42)36-22-6-5-9-25(20-22)43-24-7-3-2-4-8-24)26-14-15-29-30-28(37-33(41)31(30)32(26)39)17-19-40(29)23-12-10-21(35)11-13-23/h2-18,20H,19H2,1H3,(H,37,41)(H2,36,38,42). The fourth-order valence-electron chi connectivity index (χ4n) is 5.56. The van der Waals surface area contributed by atoms with Gasteiger partial charge in [-0.15, -0.1) is 0 Å². The van der Waals surface area contributed by atoms with Crippen molar-refractivity contribution in [2.45, 2.75) is 0 Å². The van der Waals surface area contributed by atoms with E-state index in [1.165, 1.54) is 12.1 Å². The Morgan fingerprint density at radius 2 is 1.70 bits per heavy atom. The number of fused-ring (bicyclic) bond motifs is 2. The molecule has 9 heteroatoms. The molecule has 8 nitrogen and oxygen atoms in total. The zero-order chi connectivity index (χ0) is 29.5. The molecule has 0 saturated heterocycles. The fourth-order valence-corrected chi connectivity index (χ4v) is 5.56. The molecule has 7 rings (SSSR count). The number of halogens is 1. The summed E-state index contributed by atoms with van der Waals surface area (Å²) in [6.45, 7) is 0.501. The van der Waals surface area contributed by atoms with Gasteiger partial charge >= 0.3 is 6.03 Å². The van der Waals surface area contributed by atoms with Crippen LogP contribution in [0.5, 0.6) is 11.5 Å². The van der Waals surface area contributed by atoms with Crippen LogP contribution < -0.4 is 41.3 Å². The quantitative estimate of drug-likeness (QED) is 0.269. The fraction of sp³-hybridized carbons (Fsp3) is 0.0588. The molecule has 0 bridgehead atoms. The van der Waals surface area contributed by atoms with Crippen molar-refractivity contribution in [1.82, 2.24) is 10.3 Å². The SMILES string of the molecule is CN1C=CC(NC(=O)Nc2cccc(Oc3ccccc3)c2)=c2ccc3c4c([nH]c(=O)c-4c21)=CCN3c1ccc(F)cc1. The number of rotatable bonds is 5. The maximum Gasteiger partial charge on any atom is 0.323 e. The van der Waals surface area contributed by atoms with E-state index in [2.05, 4.69) is 15.6 Å². The Morgan fingerprint density at radius 1 is 0.907 bits per heavy atom. The molecule has 0 unspecified atom stereocenters. The zero-order valence-electron chi connectivity index (χ0n) is 23.1. The van der Waals surface area contributed by atoms with Gasteiger partial charge in [-0.2, -0.15) is 0 Å². The first kappa shape index (κ1) is 26.1. The Bertz CT molecular complexity index is 2060. The number of hydrogen-bond donors (Lipinski definition) is 3. The van der Waals surface area contributed by atoms with Gasteiger partial charge in [0.1, 0.15) is 17.3 Å². The summed E-state index contributed by atoms with van der Waals surface area (Å²) in [5.74, 6) is 0.957. The molecule has 0 fully saturated rings. The summed E-state index contributed by atoms with van der Waals surface area (Å²) in [5, 5.41) is 7.25. The normalized spacial score (nSPS) is 13.4. The highest BCUT2D eigenvalue weighted by atomic mass is 19.1. The Balaban J connectivity index is 1.25. The third-order valence-corrected chi connectivity index (χ3v) is 7.48. The molecule has 3 aromatic rings. The van der Waals surface area contributed by atoms with Crippen molar-refractivity contribution < 1.29 is 13.9 Å². The van der Waals surface area contributed by atoms with Crippen molar-refractivity contribution in [2.75, 3.05) is 28.7 Å². The van der Waals surface area contributed by atoms with Crippen molar-refractivity contribution in [3.63, 3.8) is 0 Å². The van der Waals surface area contributed by atoms with Gasteiger partial charge in [0.2, 0.25) is 0 Å². The second-order valence-electron chi connectivity index (χ2n) is 10.3. The van der Waals surface area contributed by atoms with Crippen molar-refractivity contribution in [2.24, 2.45) is 0 Å². The molecule has 3 aliphatic heterocycles. The number of ether oxygens (including phenoxy) is 1. The van der Waals surface area contributed by atoms with Crippen LogP contribution in [0.1, 0.15) is 0 Å². The molecular formula is C34H26FN5O3. The second kappa shape index (κ2) is 10.5. The lowest BCUT2D eigenvalue weighted by atomic mass is 10.0.